The predicted molar refractivity (Wildman–Crippen MR) is 147 cm³/mol. The SMILES string of the molecule is COc1ccc(C2/C(=C(/O)c3ccc(OCc4cccc(C)c4)cc3)C(=O)C(=O)N2Cc2ccncc2)cc1. The Bertz CT molecular complexity index is 1510. The number of amides is 1. The van der Waals surface area contributed by atoms with Crippen LogP contribution in [0.5, 0.6) is 11.5 Å². The van der Waals surface area contributed by atoms with E-state index in [1.807, 2.05) is 25.1 Å². The van der Waals surface area contributed by atoms with Crippen LogP contribution >= 0.6 is 0 Å². The minimum atomic E-state index is -0.777. The van der Waals surface area contributed by atoms with Gasteiger partial charge in [-0.3, -0.25) is 14.6 Å². The number of hydrogen-bond donors (Lipinski definition) is 1. The number of Topliss-reactive ketones (excluding diaryl/α,β-unsaturated/α-hetero) is 1. The highest BCUT2D eigenvalue weighted by molar-refractivity contribution is 6.46. The molecule has 1 aliphatic rings. The second-order valence-corrected chi connectivity index (χ2v) is 9.36. The van der Waals surface area contributed by atoms with E-state index in [0.717, 1.165) is 16.7 Å². The van der Waals surface area contributed by atoms with Crippen molar-refractivity contribution in [1.82, 2.24) is 9.88 Å². The number of carbonyl (C=O) groups is 2. The van der Waals surface area contributed by atoms with Gasteiger partial charge in [-0.1, -0.05) is 42.0 Å². The Kier molecular flexibility index (Phi) is 7.41. The van der Waals surface area contributed by atoms with Gasteiger partial charge in [-0.15, -0.1) is 0 Å². The number of hydrogen-bond acceptors (Lipinski definition) is 6. The summed E-state index contributed by atoms with van der Waals surface area (Å²) in [4.78, 5) is 32.0. The van der Waals surface area contributed by atoms with E-state index in [1.54, 1.807) is 80.2 Å². The molecule has 0 radical (unpaired) electrons. The van der Waals surface area contributed by atoms with Gasteiger partial charge < -0.3 is 19.5 Å². The van der Waals surface area contributed by atoms with Gasteiger partial charge in [-0.05, 0) is 72.1 Å². The first-order valence-corrected chi connectivity index (χ1v) is 12.5. The van der Waals surface area contributed by atoms with Gasteiger partial charge in [0, 0.05) is 24.5 Å². The molecule has 1 fully saturated rings. The zero-order valence-electron chi connectivity index (χ0n) is 21.7. The summed E-state index contributed by atoms with van der Waals surface area (Å²) in [7, 11) is 1.57. The van der Waals surface area contributed by atoms with E-state index in [-0.39, 0.29) is 17.9 Å². The molecule has 1 N–H and O–H groups in total. The van der Waals surface area contributed by atoms with Crippen LogP contribution < -0.4 is 9.47 Å². The molecule has 1 aliphatic heterocycles. The molecule has 0 saturated carbocycles. The van der Waals surface area contributed by atoms with Crippen LogP contribution in [0.1, 0.15) is 33.9 Å². The molecule has 4 aromatic rings. The van der Waals surface area contributed by atoms with Crippen molar-refractivity contribution >= 4 is 17.4 Å². The number of likely N-dealkylation sites (tertiary alicyclic amines) is 1. The van der Waals surface area contributed by atoms with Crippen molar-refractivity contribution in [1.29, 1.82) is 0 Å². The molecule has 39 heavy (non-hydrogen) atoms. The Morgan fingerprint density at radius 3 is 2.26 bits per heavy atom. The van der Waals surface area contributed by atoms with E-state index < -0.39 is 17.7 Å². The molecule has 1 amide bonds. The van der Waals surface area contributed by atoms with Crippen molar-refractivity contribution < 1.29 is 24.2 Å². The van der Waals surface area contributed by atoms with Gasteiger partial charge in [0.2, 0.25) is 0 Å². The van der Waals surface area contributed by atoms with Crippen molar-refractivity contribution in [2.75, 3.05) is 7.11 Å². The molecule has 1 saturated heterocycles. The molecule has 7 nitrogen and oxygen atoms in total. The Morgan fingerprint density at radius 2 is 1.59 bits per heavy atom. The average molecular weight is 521 g/mol. The standard InChI is InChI=1S/C32H28N2O5/c1-21-4-3-5-23(18-21)20-39-27-12-8-25(9-13-27)30(35)28-29(24-6-10-26(38-2)11-7-24)34(32(37)31(28)36)19-22-14-16-33-17-15-22/h3-18,29,35H,19-20H2,1-2H3/b30-28-. The minimum Gasteiger partial charge on any atom is -0.507 e. The summed E-state index contributed by atoms with van der Waals surface area (Å²) >= 11 is 0. The van der Waals surface area contributed by atoms with Crippen molar-refractivity contribution in [3.05, 3.63) is 131 Å². The van der Waals surface area contributed by atoms with E-state index in [0.29, 0.717) is 29.2 Å². The van der Waals surface area contributed by atoms with Crippen molar-refractivity contribution in [3.63, 3.8) is 0 Å². The summed E-state index contributed by atoms with van der Waals surface area (Å²) < 4.78 is 11.2. The molecule has 0 spiro atoms. The fourth-order valence-electron chi connectivity index (χ4n) is 4.69. The number of aliphatic hydroxyl groups excluding tert-OH is 1. The van der Waals surface area contributed by atoms with E-state index >= 15 is 0 Å². The van der Waals surface area contributed by atoms with Gasteiger partial charge in [-0.2, -0.15) is 0 Å². The molecule has 1 aromatic heterocycles. The number of benzene rings is 3. The zero-order valence-corrected chi connectivity index (χ0v) is 21.7. The molecule has 5 rings (SSSR count). The molecule has 1 unspecified atom stereocenters. The number of ketones is 1. The minimum absolute atomic E-state index is 0.0349. The highest BCUT2D eigenvalue weighted by Gasteiger charge is 2.46. The fourth-order valence-corrected chi connectivity index (χ4v) is 4.69. The second kappa shape index (κ2) is 11.2. The summed E-state index contributed by atoms with van der Waals surface area (Å²) in [6, 6.07) is 24.8. The van der Waals surface area contributed by atoms with E-state index in [9.17, 15) is 14.7 Å². The molecule has 3 aromatic carbocycles. The van der Waals surface area contributed by atoms with E-state index in [4.69, 9.17) is 9.47 Å². The van der Waals surface area contributed by atoms with Crippen LogP contribution in [-0.2, 0) is 22.7 Å². The molecular weight excluding hydrogens is 492 g/mol. The zero-order chi connectivity index (χ0) is 27.4. The number of aromatic nitrogens is 1. The lowest BCUT2D eigenvalue weighted by molar-refractivity contribution is -0.140. The lowest BCUT2D eigenvalue weighted by Gasteiger charge is -2.25. The molecule has 196 valence electrons. The number of carbonyl (C=O) groups excluding carboxylic acids is 2. The third-order valence-corrected chi connectivity index (χ3v) is 6.69. The van der Waals surface area contributed by atoms with Gasteiger partial charge in [0.1, 0.15) is 23.9 Å². The molecule has 2 heterocycles. The van der Waals surface area contributed by atoms with E-state index in [2.05, 4.69) is 11.1 Å². The van der Waals surface area contributed by atoms with Gasteiger partial charge >= 0.3 is 0 Å². The Hall–Kier alpha value is -4.91. The van der Waals surface area contributed by atoms with Crippen LogP contribution in [0.4, 0.5) is 0 Å². The summed E-state index contributed by atoms with van der Waals surface area (Å²) in [6.07, 6.45) is 3.27. The maximum Gasteiger partial charge on any atom is 0.295 e. The topological polar surface area (TPSA) is 89.0 Å². The van der Waals surface area contributed by atoms with Crippen LogP contribution in [0.3, 0.4) is 0 Å². The van der Waals surface area contributed by atoms with Crippen molar-refractivity contribution in [3.8, 4) is 11.5 Å². The fraction of sp³-hybridized carbons (Fsp3) is 0.156. The third kappa shape index (κ3) is 5.52. The number of aryl methyl sites for hydroxylation is 1. The predicted octanol–water partition coefficient (Wildman–Crippen LogP) is 5.60. The first-order chi connectivity index (χ1) is 18.9. The van der Waals surface area contributed by atoms with Gasteiger partial charge in [0.25, 0.3) is 11.7 Å². The molecule has 7 heteroatoms. The Labute approximate surface area is 227 Å². The summed E-state index contributed by atoms with van der Waals surface area (Å²) in [5, 5.41) is 11.4. The second-order valence-electron chi connectivity index (χ2n) is 9.36. The lowest BCUT2D eigenvalue weighted by atomic mass is 9.95. The normalized spacial score (nSPS) is 16.4. The van der Waals surface area contributed by atoms with Crippen LogP contribution in [0, 0.1) is 6.92 Å². The number of aliphatic hydroxyl groups is 1. The van der Waals surface area contributed by atoms with Gasteiger partial charge in [0.15, 0.2) is 0 Å². The van der Waals surface area contributed by atoms with Crippen LogP contribution in [0.25, 0.3) is 5.76 Å². The lowest BCUT2D eigenvalue weighted by Crippen LogP contribution is -2.29. The molecular formula is C32H28N2O5. The monoisotopic (exact) mass is 520 g/mol. The largest absolute Gasteiger partial charge is 0.507 e. The third-order valence-electron chi connectivity index (χ3n) is 6.69. The first kappa shape index (κ1) is 25.7. The number of ether oxygens (including phenoxy) is 2. The Balaban J connectivity index is 1.47. The molecule has 1 atom stereocenters. The van der Waals surface area contributed by atoms with Crippen molar-refractivity contribution in [2.24, 2.45) is 0 Å². The first-order valence-electron chi connectivity index (χ1n) is 12.5. The van der Waals surface area contributed by atoms with Gasteiger partial charge in [-0.25, -0.2) is 0 Å². The molecule has 0 aliphatic carbocycles. The number of nitrogens with zero attached hydrogens (tertiary/aromatic N) is 2. The number of methoxy groups -OCH3 is 1. The highest BCUT2D eigenvalue weighted by atomic mass is 16.5. The van der Waals surface area contributed by atoms with Gasteiger partial charge in [0.05, 0.1) is 18.7 Å². The van der Waals surface area contributed by atoms with Crippen LogP contribution in [0.15, 0.2) is 103 Å². The average Bonchev–Trinajstić information content (AvgIpc) is 3.21. The summed E-state index contributed by atoms with van der Waals surface area (Å²) in [6.45, 7) is 2.62. The smallest absolute Gasteiger partial charge is 0.295 e. The maximum absolute atomic E-state index is 13.3. The highest BCUT2D eigenvalue weighted by Crippen LogP contribution is 2.40. The number of pyridine rings is 1. The van der Waals surface area contributed by atoms with E-state index in [1.165, 1.54) is 4.90 Å². The molecule has 0 bridgehead atoms. The summed E-state index contributed by atoms with van der Waals surface area (Å²) in [5.41, 5.74) is 4.16. The Morgan fingerprint density at radius 1 is 0.897 bits per heavy atom. The number of rotatable bonds is 8. The van der Waals surface area contributed by atoms with Crippen molar-refractivity contribution in [2.45, 2.75) is 26.1 Å². The van der Waals surface area contributed by atoms with Crippen LogP contribution in [0.2, 0.25) is 0 Å². The summed E-state index contributed by atoms with van der Waals surface area (Å²) in [5.74, 6) is -0.380. The quantitative estimate of drug-likeness (QED) is 0.185. The maximum atomic E-state index is 13.3. The van der Waals surface area contributed by atoms with Crippen LogP contribution in [-0.4, -0.2) is 33.8 Å².